The highest BCUT2D eigenvalue weighted by Crippen LogP contribution is 2.65. The number of ether oxygens (including phenoxy) is 6. The van der Waals surface area contributed by atoms with Gasteiger partial charge < -0.3 is 33.7 Å². The molecule has 0 aromatic carbocycles. The second-order valence-electron chi connectivity index (χ2n) is 9.97. The normalized spacial score (nSPS) is 47.0. The van der Waals surface area contributed by atoms with E-state index in [-0.39, 0.29) is 30.6 Å². The van der Waals surface area contributed by atoms with Gasteiger partial charge in [-0.3, -0.25) is 9.83 Å². The van der Waals surface area contributed by atoms with Gasteiger partial charge in [0.1, 0.15) is 23.7 Å². The standard InChI is InChI=1S/C20H22F2O12S/c1-7(23)27-13-11-12(28-15(13)24)14-16(29-11)31-19(30-14)9-2-8-3-10(19)6-18(4-8,5-9)32-17(25)20(21,22)35-34-33-26/h8-14,16,26H,2-6H2,1H3/p-1. The van der Waals surface area contributed by atoms with Crippen molar-refractivity contribution in [2.45, 2.75) is 86.4 Å². The predicted octanol–water partition coefficient (Wildman–Crippen LogP) is 0.266. The maximum Gasteiger partial charge on any atom is 0.415 e. The van der Waals surface area contributed by atoms with E-state index in [1.807, 2.05) is 0 Å². The van der Waals surface area contributed by atoms with Crippen LogP contribution in [0.4, 0.5) is 8.78 Å². The molecule has 4 saturated carbocycles. The van der Waals surface area contributed by atoms with Crippen LogP contribution in [0.5, 0.6) is 0 Å². The van der Waals surface area contributed by atoms with Crippen molar-refractivity contribution in [3.63, 3.8) is 0 Å². The van der Waals surface area contributed by atoms with E-state index in [1.165, 1.54) is 6.92 Å². The van der Waals surface area contributed by atoms with Crippen molar-refractivity contribution < 1.29 is 66.2 Å². The molecule has 7 rings (SSSR count). The van der Waals surface area contributed by atoms with Gasteiger partial charge in [-0.1, -0.05) is 0 Å². The van der Waals surface area contributed by atoms with Crippen LogP contribution in [-0.4, -0.2) is 65.3 Å². The van der Waals surface area contributed by atoms with Gasteiger partial charge >= 0.3 is 23.2 Å². The zero-order chi connectivity index (χ0) is 24.8. The smallest absolute Gasteiger partial charge is 0.415 e. The summed E-state index contributed by atoms with van der Waals surface area (Å²) in [6.07, 6.45) is -2.25. The summed E-state index contributed by atoms with van der Waals surface area (Å²) in [5, 5.41) is 8.65. The molecule has 1 spiro atoms. The Bertz CT molecular complexity index is 931. The Morgan fingerprint density at radius 1 is 1.11 bits per heavy atom. The lowest BCUT2D eigenvalue weighted by molar-refractivity contribution is -0.777. The number of carbonyl (C=O) groups is 3. The van der Waals surface area contributed by atoms with Gasteiger partial charge in [0.25, 0.3) is 0 Å². The largest absolute Gasteiger partial charge is 0.691 e. The molecule has 4 aliphatic carbocycles. The number of esters is 3. The molecule has 4 bridgehead atoms. The Morgan fingerprint density at radius 3 is 2.49 bits per heavy atom. The average molecular weight is 523 g/mol. The van der Waals surface area contributed by atoms with E-state index < -0.39 is 77.3 Å². The SMILES string of the molecule is CC(=O)OC1C(=O)OC2C3OC4(OC3OC12)C1CC2CC4CC(OC(=O)C(F)(F)SOO[O-])(C2)C1. The molecule has 7 unspecified atom stereocenters. The van der Waals surface area contributed by atoms with E-state index in [9.17, 15) is 28.4 Å². The van der Waals surface area contributed by atoms with Crippen LogP contribution in [0.2, 0.25) is 0 Å². The topological polar surface area (TPSA) is 148 Å². The Labute approximate surface area is 200 Å². The molecule has 0 aromatic heterocycles. The number of alkyl halides is 2. The van der Waals surface area contributed by atoms with Crippen LogP contribution in [0, 0.1) is 17.8 Å². The molecule has 7 atom stereocenters. The van der Waals surface area contributed by atoms with Gasteiger partial charge in [-0.2, -0.15) is 13.1 Å². The van der Waals surface area contributed by atoms with Gasteiger partial charge in [0, 0.05) is 18.8 Å². The van der Waals surface area contributed by atoms with Crippen molar-refractivity contribution in [1.29, 1.82) is 0 Å². The lowest BCUT2D eigenvalue weighted by Gasteiger charge is -2.62. The fourth-order valence-corrected chi connectivity index (χ4v) is 7.23. The first kappa shape index (κ1) is 23.8. The minimum absolute atomic E-state index is 0.118. The van der Waals surface area contributed by atoms with Gasteiger partial charge in [0.2, 0.25) is 6.10 Å². The Morgan fingerprint density at radius 2 is 1.83 bits per heavy atom. The molecule has 0 radical (unpaired) electrons. The van der Waals surface area contributed by atoms with E-state index in [1.54, 1.807) is 0 Å². The maximum atomic E-state index is 14.0. The van der Waals surface area contributed by atoms with Crippen molar-refractivity contribution in [1.82, 2.24) is 0 Å². The zero-order valence-electron chi connectivity index (χ0n) is 18.2. The summed E-state index contributed by atoms with van der Waals surface area (Å²) in [5.41, 5.74) is -1.13. The summed E-state index contributed by atoms with van der Waals surface area (Å²) in [4.78, 5) is 35.7. The fraction of sp³-hybridized carbons (Fsp3) is 0.850. The van der Waals surface area contributed by atoms with Crippen LogP contribution in [0.25, 0.3) is 0 Å². The van der Waals surface area contributed by atoms with Crippen molar-refractivity contribution in [2.24, 2.45) is 17.8 Å². The summed E-state index contributed by atoms with van der Waals surface area (Å²) >= 11 is -0.723. The summed E-state index contributed by atoms with van der Waals surface area (Å²) in [6, 6.07) is 0. The molecule has 0 aromatic rings. The predicted molar refractivity (Wildman–Crippen MR) is 99.9 cm³/mol. The molecule has 35 heavy (non-hydrogen) atoms. The summed E-state index contributed by atoms with van der Waals surface area (Å²) in [5.74, 6) is -4.73. The molecule has 194 valence electrons. The van der Waals surface area contributed by atoms with E-state index in [2.05, 4.69) is 9.37 Å². The first-order valence-electron chi connectivity index (χ1n) is 11.2. The van der Waals surface area contributed by atoms with Gasteiger partial charge in [-0.15, -0.1) is 0 Å². The lowest BCUT2D eigenvalue weighted by Crippen LogP contribution is -2.66. The average Bonchev–Trinajstić information content (AvgIpc) is 3.39. The first-order valence-corrected chi connectivity index (χ1v) is 11.9. The van der Waals surface area contributed by atoms with Gasteiger partial charge in [0.15, 0.2) is 24.3 Å². The van der Waals surface area contributed by atoms with Gasteiger partial charge in [-0.05, 0) is 38.0 Å². The monoisotopic (exact) mass is 523 g/mol. The molecule has 0 N–H and O–H groups in total. The van der Waals surface area contributed by atoms with Crippen molar-refractivity contribution in [2.75, 3.05) is 0 Å². The summed E-state index contributed by atoms with van der Waals surface area (Å²) in [7, 11) is 0. The minimum Gasteiger partial charge on any atom is -0.691 e. The number of fused-ring (bicyclic) bond motifs is 3. The third-order valence-electron chi connectivity index (χ3n) is 7.89. The highest BCUT2D eigenvalue weighted by Gasteiger charge is 2.73. The third-order valence-corrected chi connectivity index (χ3v) is 8.39. The maximum absolute atomic E-state index is 14.0. The van der Waals surface area contributed by atoms with E-state index in [4.69, 9.17) is 28.4 Å². The van der Waals surface area contributed by atoms with Crippen LogP contribution in [-0.2, 0) is 52.2 Å². The first-order chi connectivity index (χ1) is 16.6. The van der Waals surface area contributed by atoms with Gasteiger partial charge in [-0.25, -0.2) is 9.59 Å². The molecule has 12 nitrogen and oxygen atoms in total. The Kier molecular flexibility index (Phi) is 5.39. The third kappa shape index (κ3) is 3.58. The van der Waals surface area contributed by atoms with E-state index in [0.29, 0.717) is 19.3 Å². The van der Waals surface area contributed by atoms with E-state index in [0.717, 1.165) is 0 Å². The molecule has 15 heteroatoms. The second-order valence-corrected chi connectivity index (χ2v) is 10.8. The van der Waals surface area contributed by atoms with Crippen molar-refractivity contribution >= 4 is 30.0 Å². The Hall–Kier alpha value is -1.62. The fourth-order valence-electron chi connectivity index (χ4n) is 7.01. The number of hydrogen-bond donors (Lipinski definition) is 0. The van der Waals surface area contributed by atoms with Crippen LogP contribution >= 0.6 is 12.0 Å². The Balaban J connectivity index is 1.18. The molecule has 3 saturated heterocycles. The van der Waals surface area contributed by atoms with Crippen LogP contribution < -0.4 is 5.26 Å². The summed E-state index contributed by atoms with van der Waals surface area (Å²) < 4.78 is 66.0. The number of hydrogen-bond acceptors (Lipinski definition) is 13. The summed E-state index contributed by atoms with van der Waals surface area (Å²) in [6.45, 7) is 1.18. The van der Waals surface area contributed by atoms with Crippen molar-refractivity contribution in [3.05, 3.63) is 0 Å². The zero-order valence-corrected chi connectivity index (χ0v) is 19.0. The molecular weight excluding hydrogens is 502 g/mol. The number of carbonyl (C=O) groups excluding carboxylic acids is 3. The van der Waals surface area contributed by atoms with Crippen LogP contribution in [0.3, 0.4) is 0 Å². The van der Waals surface area contributed by atoms with Crippen LogP contribution in [0.1, 0.15) is 39.0 Å². The highest BCUT2D eigenvalue weighted by atomic mass is 32.2. The quantitative estimate of drug-likeness (QED) is 0.154. The number of halogens is 2. The molecule has 3 aliphatic heterocycles. The second kappa shape index (κ2) is 7.94. The molecular formula is C20H21F2O12S-. The molecule has 7 fully saturated rings. The van der Waals surface area contributed by atoms with Crippen molar-refractivity contribution in [3.8, 4) is 0 Å². The molecule has 3 heterocycles. The van der Waals surface area contributed by atoms with Crippen LogP contribution in [0.15, 0.2) is 0 Å². The molecule has 0 amide bonds. The minimum atomic E-state index is -4.13. The highest BCUT2D eigenvalue weighted by molar-refractivity contribution is 7.96. The van der Waals surface area contributed by atoms with E-state index >= 15 is 0 Å². The lowest BCUT2D eigenvalue weighted by atomic mass is 9.51. The molecule has 7 aliphatic rings. The van der Waals surface area contributed by atoms with Gasteiger partial charge in [0.05, 0.1) is 0 Å². The number of rotatable bonds is 6.